The van der Waals surface area contributed by atoms with Gasteiger partial charge in [0.25, 0.3) is 11.6 Å². The first-order chi connectivity index (χ1) is 14.5. The molecule has 4 aromatic rings. The third-order valence-electron chi connectivity index (χ3n) is 4.56. The van der Waals surface area contributed by atoms with E-state index < -0.39 is 0 Å². The molecule has 4 rings (SSSR count). The van der Waals surface area contributed by atoms with E-state index in [2.05, 4.69) is 26.1 Å². The molecule has 0 unspecified atom stereocenters. The molecular weight excluding hydrogens is 382 g/mol. The first-order valence-electron chi connectivity index (χ1n) is 9.28. The molecule has 0 aliphatic heterocycles. The summed E-state index contributed by atoms with van der Waals surface area (Å²) in [7, 11) is 1.54. The van der Waals surface area contributed by atoms with Crippen LogP contribution in [0.15, 0.2) is 65.2 Å². The topological polar surface area (TPSA) is 109 Å². The van der Waals surface area contributed by atoms with Crippen LogP contribution in [0.3, 0.4) is 0 Å². The van der Waals surface area contributed by atoms with Crippen LogP contribution in [0, 0.1) is 6.92 Å². The number of pyridine rings is 1. The quantitative estimate of drug-likeness (QED) is 0.475. The second-order valence-electron chi connectivity index (χ2n) is 6.60. The van der Waals surface area contributed by atoms with Crippen LogP contribution in [0.4, 0.5) is 16.2 Å². The van der Waals surface area contributed by atoms with Crippen molar-refractivity contribution in [2.24, 2.45) is 0 Å². The first kappa shape index (κ1) is 19.1. The van der Waals surface area contributed by atoms with Gasteiger partial charge in [-0.3, -0.25) is 4.79 Å². The summed E-state index contributed by atoms with van der Waals surface area (Å²) in [6.45, 7) is 1.77. The fourth-order valence-electron chi connectivity index (χ4n) is 3.06. The van der Waals surface area contributed by atoms with Gasteiger partial charge in [-0.05, 0) is 37.3 Å². The fraction of sp³-hybridized carbons (Fsp3) is 0.0909. The largest absolute Gasteiger partial charge is 0.341 e. The zero-order valence-corrected chi connectivity index (χ0v) is 16.4. The molecule has 8 nitrogen and oxygen atoms in total. The Hall–Kier alpha value is -4.20. The van der Waals surface area contributed by atoms with E-state index >= 15 is 0 Å². The molecule has 0 saturated heterocycles. The summed E-state index contributed by atoms with van der Waals surface area (Å²) in [5, 5.41) is 12.6. The molecule has 0 atom stereocenters. The third kappa shape index (κ3) is 3.83. The molecule has 2 aromatic heterocycles. The maximum Gasteiger partial charge on any atom is 0.318 e. The SMILES string of the molecule is CNC(=O)Nc1ccc(NC(=O)c2cc(-c3ccccc3)nc3onc(C)c23)cc1. The number of aromatic nitrogens is 2. The maximum absolute atomic E-state index is 13.1. The van der Waals surface area contributed by atoms with E-state index in [1.165, 1.54) is 7.05 Å². The molecule has 2 aromatic carbocycles. The molecule has 2 heterocycles. The van der Waals surface area contributed by atoms with Gasteiger partial charge in [-0.1, -0.05) is 35.5 Å². The van der Waals surface area contributed by atoms with E-state index in [9.17, 15) is 9.59 Å². The lowest BCUT2D eigenvalue weighted by Crippen LogP contribution is -2.24. The summed E-state index contributed by atoms with van der Waals surface area (Å²) in [6.07, 6.45) is 0. The number of fused-ring (bicyclic) bond motifs is 1. The Bertz CT molecular complexity index is 1220. The molecule has 0 aliphatic rings. The van der Waals surface area contributed by atoms with Gasteiger partial charge < -0.3 is 20.5 Å². The van der Waals surface area contributed by atoms with Crippen molar-refractivity contribution < 1.29 is 14.1 Å². The van der Waals surface area contributed by atoms with Crippen LogP contribution < -0.4 is 16.0 Å². The van der Waals surface area contributed by atoms with Gasteiger partial charge in [0, 0.05) is 24.0 Å². The molecular formula is C22H19N5O3. The van der Waals surface area contributed by atoms with Crippen LogP contribution in [0.2, 0.25) is 0 Å². The Morgan fingerprint density at radius 2 is 1.60 bits per heavy atom. The van der Waals surface area contributed by atoms with Crippen LogP contribution in [0.5, 0.6) is 0 Å². The molecule has 0 radical (unpaired) electrons. The lowest BCUT2D eigenvalue weighted by atomic mass is 10.0. The van der Waals surface area contributed by atoms with E-state index in [1.807, 2.05) is 30.3 Å². The Labute approximate surface area is 172 Å². The summed E-state index contributed by atoms with van der Waals surface area (Å²) in [4.78, 5) is 29.0. The second kappa shape index (κ2) is 8.04. The number of anilines is 2. The Morgan fingerprint density at radius 3 is 2.27 bits per heavy atom. The summed E-state index contributed by atoms with van der Waals surface area (Å²) in [5.74, 6) is -0.308. The highest BCUT2D eigenvalue weighted by Crippen LogP contribution is 2.27. The van der Waals surface area contributed by atoms with Gasteiger partial charge >= 0.3 is 6.03 Å². The number of aryl methyl sites for hydroxylation is 1. The predicted molar refractivity (Wildman–Crippen MR) is 114 cm³/mol. The fourth-order valence-corrected chi connectivity index (χ4v) is 3.06. The number of carbonyl (C=O) groups is 2. The number of urea groups is 1. The van der Waals surface area contributed by atoms with Gasteiger partial charge in [-0.25, -0.2) is 9.78 Å². The zero-order valence-electron chi connectivity index (χ0n) is 16.4. The zero-order chi connectivity index (χ0) is 21.1. The minimum atomic E-state index is -0.317. The van der Waals surface area contributed by atoms with E-state index in [1.54, 1.807) is 37.3 Å². The normalized spacial score (nSPS) is 10.6. The summed E-state index contributed by atoms with van der Waals surface area (Å²) >= 11 is 0. The molecule has 0 fully saturated rings. The number of hydrogen-bond acceptors (Lipinski definition) is 5. The van der Waals surface area contributed by atoms with E-state index in [4.69, 9.17) is 4.52 Å². The third-order valence-corrected chi connectivity index (χ3v) is 4.56. The molecule has 0 aliphatic carbocycles. The van der Waals surface area contributed by atoms with Crippen molar-refractivity contribution in [3.63, 3.8) is 0 Å². The average Bonchev–Trinajstić information content (AvgIpc) is 3.15. The van der Waals surface area contributed by atoms with Crippen LogP contribution in [-0.2, 0) is 0 Å². The Morgan fingerprint density at radius 1 is 0.933 bits per heavy atom. The molecule has 0 spiro atoms. The molecule has 30 heavy (non-hydrogen) atoms. The minimum absolute atomic E-state index is 0.308. The summed E-state index contributed by atoms with van der Waals surface area (Å²) < 4.78 is 5.33. The monoisotopic (exact) mass is 401 g/mol. The highest BCUT2D eigenvalue weighted by molar-refractivity contribution is 6.13. The number of carbonyl (C=O) groups excluding carboxylic acids is 2. The number of amides is 3. The Kier molecular flexibility index (Phi) is 5.13. The second-order valence-corrected chi connectivity index (χ2v) is 6.60. The van der Waals surface area contributed by atoms with Crippen molar-refractivity contribution in [2.45, 2.75) is 6.92 Å². The van der Waals surface area contributed by atoms with Crippen molar-refractivity contribution in [3.05, 3.63) is 71.9 Å². The average molecular weight is 401 g/mol. The van der Waals surface area contributed by atoms with E-state index in [0.717, 1.165) is 5.56 Å². The maximum atomic E-state index is 13.1. The first-order valence-corrected chi connectivity index (χ1v) is 9.28. The van der Waals surface area contributed by atoms with Gasteiger partial charge in [-0.15, -0.1) is 0 Å². The lowest BCUT2D eigenvalue weighted by molar-refractivity contribution is 0.102. The van der Waals surface area contributed by atoms with E-state index in [0.29, 0.717) is 39.4 Å². The van der Waals surface area contributed by atoms with Crippen molar-refractivity contribution in [2.75, 3.05) is 17.7 Å². The van der Waals surface area contributed by atoms with Crippen LogP contribution in [0.1, 0.15) is 16.1 Å². The van der Waals surface area contributed by atoms with Crippen molar-refractivity contribution >= 4 is 34.4 Å². The smallest absolute Gasteiger partial charge is 0.318 e. The molecule has 0 bridgehead atoms. The number of nitrogens with one attached hydrogen (secondary N) is 3. The molecule has 0 saturated carbocycles. The highest BCUT2D eigenvalue weighted by Gasteiger charge is 2.19. The van der Waals surface area contributed by atoms with Gasteiger partial charge in [0.15, 0.2) is 0 Å². The standard InChI is InChI=1S/C22H19N5O3/c1-13-19-17(12-18(26-21(19)30-27-13)14-6-4-3-5-7-14)20(28)24-15-8-10-16(11-9-15)25-22(29)23-2/h3-12H,1-2H3,(H,24,28)(H2,23,25,29). The van der Waals surface area contributed by atoms with E-state index in [-0.39, 0.29) is 11.9 Å². The number of nitrogens with zero attached hydrogens (tertiary/aromatic N) is 2. The summed E-state index contributed by atoms with van der Waals surface area (Å²) in [5.41, 5.74) is 4.01. The lowest BCUT2D eigenvalue weighted by Gasteiger charge is -2.09. The van der Waals surface area contributed by atoms with Crippen molar-refractivity contribution in [3.8, 4) is 11.3 Å². The van der Waals surface area contributed by atoms with Crippen molar-refractivity contribution in [1.82, 2.24) is 15.5 Å². The number of hydrogen-bond donors (Lipinski definition) is 3. The number of benzene rings is 2. The van der Waals surface area contributed by atoms with Gasteiger partial charge in [0.2, 0.25) is 0 Å². The van der Waals surface area contributed by atoms with Crippen molar-refractivity contribution in [1.29, 1.82) is 0 Å². The minimum Gasteiger partial charge on any atom is -0.341 e. The molecule has 3 amide bonds. The molecule has 3 N–H and O–H groups in total. The highest BCUT2D eigenvalue weighted by atomic mass is 16.5. The van der Waals surface area contributed by atoms with Crippen LogP contribution in [0.25, 0.3) is 22.4 Å². The molecule has 8 heteroatoms. The van der Waals surface area contributed by atoms with Crippen LogP contribution >= 0.6 is 0 Å². The van der Waals surface area contributed by atoms with Gasteiger partial charge in [-0.2, -0.15) is 0 Å². The van der Waals surface area contributed by atoms with Gasteiger partial charge in [0.1, 0.15) is 0 Å². The number of rotatable bonds is 4. The van der Waals surface area contributed by atoms with Crippen LogP contribution in [-0.4, -0.2) is 29.1 Å². The van der Waals surface area contributed by atoms with Gasteiger partial charge in [0.05, 0.1) is 22.3 Å². The molecule has 150 valence electrons. The summed E-state index contributed by atoms with van der Waals surface area (Å²) in [6, 6.07) is 17.8. The predicted octanol–water partition coefficient (Wildman–Crippen LogP) is 4.20. The Balaban J connectivity index is 1.65.